The molecule has 0 fully saturated rings. The van der Waals surface area contributed by atoms with Crippen molar-refractivity contribution in [2.75, 3.05) is 0 Å². The fraction of sp³-hybridized carbons (Fsp3) is 0.0400. The van der Waals surface area contributed by atoms with Crippen LogP contribution in [0, 0.1) is 6.92 Å². The average molecular weight is 333 g/mol. The maximum Gasteiger partial charge on any atom is 0.0622 e. The highest BCUT2D eigenvalue weighted by atomic mass is 15.0. The monoisotopic (exact) mass is 333 g/mol. The van der Waals surface area contributed by atoms with Crippen molar-refractivity contribution in [1.82, 2.24) is 4.57 Å². The smallest absolute Gasteiger partial charge is 0.0622 e. The van der Waals surface area contributed by atoms with E-state index in [4.69, 9.17) is 0 Å². The van der Waals surface area contributed by atoms with Gasteiger partial charge < -0.3 is 4.57 Å². The molecule has 0 aliphatic rings. The molecule has 0 spiro atoms. The lowest BCUT2D eigenvalue weighted by Crippen LogP contribution is -1.95. The van der Waals surface area contributed by atoms with Crippen LogP contribution in [0.3, 0.4) is 0 Å². The van der Waals surface area contributed by atoms with Crippen LogP contribution in [0.4, 0.5) is 0 Å². The van der Waals surface area contributed by atoms with Crippen molar-refractivity contribution in [3.8, 4) is 16.8 Å². The first-order valence-corrected chi connectivity index (χ1v) is 8.98. The Morgan fingerprint density at radius 1 is 0.615 bits per heavy atom. The van der Waals surface area contributed by atoms with Gasteiger partial charge in [-0.25, -0.2) is 0 Å². The predicted molar refractivity (Wildman–Crippen MR) is 111 cm³/mol. The summed E-state index contributed by atoms with van der Waals surface area (Å²) in [6.07, 6.45) is 0. The van der Waals surface area contributed by atoms with Gasteiger partial charge in [0.2, 0.25) is 0 Å². The standard InChI is InChI=1S/C25H19N/c1-18-16-17-21(19-10-4-2-5-11-19)25-24(18)22-14-8-9-15-23(22)26(25)20-12-6-3-7-13-20/h2-17H,1H3. The van der Waals surface area contributed by atoms with Gasteiger partial charge in [-0.15, -0.1) is 0 Å². The normalized spacial score (nSPS) is 11.3. The summed E-state index contributed by atoms with van der Waals surface area (Å²) in [5, 5.41) is 2.65. The highest BCUT2D eigenvalue weighted by molar-refractivity contribution is 6.15. The van der Waals surface area contributed by atoms with Gasteiger partial charge in [-0.2, -0.15) is 0 Å². The van der Waals surface area contributed by atoms with E-state index < -0.39 is 0 Å². The zero-order valence-electron chi connectivity index (χ0n) is 14.7. The van der Waals surface area contributed by atoms with E-state index in [2.05, 4.69) is 109 Å². The van der Waals surface area contributed by atoms with Crippen LogP contribution >= 0.6 is 0 Å². The average Bonchev–Trinajstić information content (AvgIpc) is 3.06. The van der Waals surface area contributed by atoms with Crippen molar-refractivity contribution in [3.05, 3.63) is 103 Å². The second-order valence-corrected chi connectivity index (χ2v) is 6.71. The molecule has 0 saturated carbocycles. The lowest BCUT2D eigenvalue weighted by atomic mass is 9.99. The Balaban J connectivity index is 2.03. The second kappa shape index (κ2) is 5.89. The van der Waals surface area contributed by atoms with Gasteiger partial charge in [0.05, 0.1) is 11.0 Å². The summed E-state index contributed by atoms with van der Waals surface area (Å²) >= 11 is 0. The van der Waals surface area contributed by atoms with Crippen molar-refractivity contribution >= 4 is 21.8 Å². The molecule has 26 heavy (non-hydrogen) atoms. The van der Waals surface area contributed by atoms with Crippen LogP contribution in [0.5, 0.6) is 0 Å². The largest absolute Gasteiger partial charge is 0.309 e. The van der Waals surface area contributed by atoms with E-state index >= 15 is 0 Å². The third-order valence-corrected chi connectivity index (χ3v) is 5.12. The summed E-state index contributed by atoms with van der Waals surface area (Å²) in [5.74, 6) is 0. The molecule has 1 aromatic heterocycles. The van der Waals surface area contributed by atoms with Gasteiger partial charge in [-0.1, -0.05) is 78.9 Å². The molecular weight excluding hydrogens is 314 g/mol. The Kier molecular flexibility index (Phi) is 3.39. The van der Waals surface area contributed by atoms with E-state index in [1.165, 1.54) is 44.2 Å². The number of hydrogen-bond acceptors (Lipinski definition) is 0. The van der Waals surface area contributed by atoms with E-state index in [0.717, 1.165) is 0 Å². The first-order chi connectivity index (χ1) is 12.8. The molecule has 0 amide bonds. The Bertz CT molecular complexity index is 1210. The molecule has 0 atom stereocenters. The van der Waals surface area contributed by atoms with Gasteiger partial charge in [-0.3, -0.25) is 0 Å². The van der Waals surface area contributed by atoms with E-state index in [0.29, 0.717) is 0 Å². The molecule has 1 heteroatoms. The van der Waals surface area contributed by atoms with E-state index in [-0.39, 0.29) is 0 Å². The Hall–Kier alpha value is -3.32. The maximum atomic E-state index is 2.40. The Morgan fingerprint density at radius 3 is 2.04 bits per heavy atom. The molecule has 0 radical (unpaired) electrons. The zero-order chi connectivity index (χ0) is 17.5. The van der Waals surface area contributed by atoms with E-state index in [1.807, 2.05) is 0 Å². The summed E-state index contributed by atoms with van der Waals surface area (Å²) in [6, 6.07) is 34.5. The van der Waals surface area contributed by atoms with Gasteiger partial charge in [-0.05, 0) is 36.2 Å². The summed E-state index contributed by atoms with van der Waals surface area (Å²) in [7, 11) is 0. The molecule has 0 saturated heterocycles. The van der Waals surface area contributed by atoms with Gasteiger partial charge in [0, 0.05) is 22.0 Å². The third kappa shape index (κ3) is 2.18. The van der Waals surface area contributed by atoms with Crippen LogP contribution in [0.15, 0.2) is 97.1 Å². The second-order valence-electron chi connectivity index (χ2n) is 6.71. The SMILES string of the molecule is Cc1ccc(-c2ccccc2)c2c1c1ccccc1n2-c1ccccc1. The number of benzene rings is 4. The van der Waals surface area contributed by atoms with Crippen molar-refractivity contribution in [1.29, 1.82) is 0 Å². The number of aryl methyl sites for hydroxylation is 1. The quantitative estimate of drug-likeness (QED) is 0.336. The molecule has 0 unspecified atom stereocenters. The minimum absolute atomic E-state index is 1.20. The van der Waals surface area contributed by atoms with Crippen LogP contribution < -0.4 is 0 Å². The fourth-order valence-corrected chi connectivity index (χ4v) is 3.96. The van der Waals surface area contributed by atoms with Gasteiger partial charge >= 0.3 is 0 Å². The number of fused-ring (bicyclic) bond motifs is 3. The molecule has 0 N–H and O–H groups in total. The van der Waals surface area contributed by atoms with Crippen LogP contribution in [0.25, 0.3) is 38.6 Å². The van der Waals surface area contributed by atoms with E-state index in [1.54, 1.807) is 0 Å². The lowest BCUT2D eigenvalue weighted by molar-refractivity contribution is 1.18. The molecule has 5 rings (SSSR count). The molecule has 124 valence electrons. The number of aromatic nitrogens is 1. The van der Waals surface area contributed by atoms with Crippen molar-refractivity contribution in [3.63, 3.8) is 0 Å². The maximum absolute atomic E-state index is 2.40. The first kappa shape index (κ1) is 15.0. The summed E-state index contributed by atoms with van der Waals surface area (Å²) < 4.78 is 2.40. The molecule has 0 aliphatic carbocycles. The summed E-state index contributed by atoms with van der Waals surface area (Å²) in [5.41, 5.74) is 7.56. The van der Waals surface area contributed by atoms with Crippen LogP contribution in [0.1, 0.15) is 5.56 Å². The Labute approximate surface area is 153 Å². The summed E-state index contributed by atoms with van der Waals surface area (Å²) in [4.78, 5) is 0. The number of nitrogens with zero attached hydrogens (tertiary/aromatic N) is 1. The first-order valence-electron chi connectivity index (χ1n) is 8.98. The number of hydrogen-bond donors (Lipinski definition) is 0. The molecule has 0 aliphatic heterocycles. The Morgan fingerprint density at radius 2 is 1.27 bits per heavy atom. The molecule has 1 nitrogen and oxygen atoms in total. The molecule has 0 bridgehead atoms. The highest BCUT2D eigenvalue weighted by Gasteiger charge is 2.17. The number of para-hydroxylation sites is 2. The minimum atomic E-state index is 1.20. The highest BCUT2D eigenvalue weighted by Crippen LogP contribution is 2.39. The van der Waals surface area contributed by atoms with Crippen LogP contribution in [0.2, 0.25) is 0 Å². The lowest BCUT2D eigenvalue weighted by Gasteiger charge is -2.12. The molecular formula is C25H19N. The van der Waals surface area contributed by atoms with Crippen LogP contribution in [-0.2, 0) is 0 Å². The van der Waals surface area contributed by atoms with Crippen molar-refractivity contribution in [2.24, 2.45) is 0 Å². The third-order valence-electron chi connectivity index (χ3n) is 5.12. The molecule has 4 aromatic carbocycles. The van der Waals surface area contributed by atoms with Crippen molar-refractivity contribution < 1.29 is 0 Å². The van der Waals surface area contributed by atoms with Crippen molar-refractivity contribution in [2.45, 2.75) is 6.92 Å². The van der Waals surface area contributed by atoms with Gasteiger partial charge in [0.1, 0.15) is 0 Å². The summed E-state index contributed by atoms with van der Waals surface area (Å²) in [6.45, 7) is 2.21. The van der Waals surface area contributed by atoms with Gasteiger partial charge in [0.25, 0.3) is 0 Å². The topological polar surface area (TPSA) is 4.93 Å². The fourth-order valence-electron chi connectivity index (χ4n) is 3.96. The molecule has 1 heterocycles. The van der Waals surface area contributed by atoms with Gasteiger partial charge in [0.15, 0.2) is 0 Å². The number of rotatable bonds is 2. The predicted octanol–water partition coefficient (Wildman–Crippen LogP) is 6.76. The van der Waals surface area contributed by atoms with E-state index in [9.17, 15) is 0 Å². The molecule has 5 aromatic rings. The zero-order valence-corrected chi connectivity index (χ0v) is 14.7. The van der Waals surface area contributed by atoms with Crippen LogP contribution in [-0.4, -0.2) is 4.57 Å². The minimum Gasteiger partial charge on any atom is -0.309 e.